The van der Waals surface area contributed by atoms with E-state index in [1.807, 2.05) is 54.6 Å². The van der Waals surface area contributed by atoms with Crippen LogP contribution in [0.2, 0.25) is 0 Å². The summed E-state index contributed by atoms with van der Waals surface area (Å²) < 4.78 is 6.42. The molecule has 0 aliphatic heterocycles. The summed E-state index contributed by atoms with van der Waals surface area (Å²) in [6.07, 6.45) is 14.6. The predicted octanol–water partition coefficient (Wildman–Crippen LogP) is 5.68. The Morgan fingerprint density at radius 3 is 2.67 bits per heavy atom. The van der Waals surface area contributed by atoms with E-state index in [-0.39, 0.29) is 5.60 Å². The molecular formula is C24H24O3. The van der Waals surface area contributed by atoms with E-state index in [4.69, 9.17) is 4.74 Å². The van der Waals surface area contributed by atoms with Crippen LogP contribution in [0.3, 0.4) is 0 Å². The van der Waals surface area contributed by atoms with Crippen LogP contribution in [0.25, 0.3) is 6.08 Å². The zero-order valence-corrected chi connectivity index (χ0v) is 15.5. The molecule has 0 aromatic heterocycles. The summed E-state index contributed by atoms with van der Waals surface area (Å²) >= 11 is 0. The van der Waals surface area contributed by atoms with Gasteiger partial charge in [0.1, 0.15) is 11.4 Å². The second-order valence-corrected chi connectivity index (χ2v) is 6.62. The molecule has 0 spiro atoms. The average Bonchev–Trinajstić information content (AvgIpc) is 2.70. The van der Waals surface area contributed by atoms with Gasteiger partial charge in [0.05, 0.1) is 5.56 Å². The number of carboxylic acids is 1. The molecule has 0 fully saturated rings. The van der Waals surface area contributed by atoms with Gasteiger partial charge >= 0.3 is 5.97 Å². The summed E-state index contributed by atoms with van der Waals surface area (Å²) in [4.78, 5) is 11.3. The third kappa shape index (κ3) is 4.56. The van der Waals surface area contributed by atoms with E-state index in [0.29, 0.717) is 17.5 Å². The molecule has 3 nitrogen and oxygen atoms in total. The van der Waals surface area contributed by atoms with Gasteiger partial charge < -0.3 is 9.84 Å². The van der Waals surface area contributed by atoms with Crippen molar-refractivity contribution in [3.8, 4) is 5.75 Å². The molecule has 1 unspecified atom stereocenters. The van der Waals surface area contributed by atoms with Crippen LogP contribution in [0.5, 0.6) is 5.75 Å². The van der Waals surface area contributed by atoms with Crippen LogP contribution >= 0.6 is 0 Å². The van der Waals surface area contributed by atoms with Gasteiger partial charge in [-0.05, 0) is 42.2 Å². The van der Waals surface area contributed by atoms with Gasteiger partial charge in [0.2, 0.25) is 0 Å². The standard InChI is InChI=1S/C24H24O3/c1-2-24(17-8-3-9-18-24)27-22-16-7-5-12-20(22)14-10-13-19-11-4-6-15-21(19)23(25)26/h3-13,15-17H,2,14,18H2,1H3,(H,25,26). The number of carboxylic acid groups (broad SMARTS) is 1. The zero-order valence-electron chi connectivity index (χ0n) is 15.5. The van der Waals surface area contributed by atoms with Gasteiger partial charge in [-0.2, -0.15) is 0 Å². The van der Waals surface area contributed by atoms with E-state index >= 15 is 0 Å². The minimum absolute atomic E-state index is 0.301. The first-order valence-electron chi connectivity index (χ1n) is 9.24. The predicted molar refractivity (Wildman–Crippen MR) is 109 cm³/mol. The number of para-hydroxylation sites is 1. The lowest BCUT2D eigenvalue weighted by molar-refractivity contribution is 0.0696. The minimum atomic E-state index is -0.916. The molecule has 3 heteroatoms. The van der Waals surface area contributed by atoms with E-state index < -0.39 is 5.97 Å². The first-order chi connectivity index (χ1) is 13.1. The Labute approximate surface area is 160 Å². The highest BCUT2D eigenvalue weighted by molar-refractivity contribution is 5.92. The number of hydrogen-bond acceptors (Lipinski definition) is 2. The molecule has 2 aromatic rings. The molecule has 138 valence electrons. The van der Waals surface area contributed by atoms with Gasteiger partial charge in [-0.1, -0.05) is 73.7 Å². The fourth-order valence-corrected chi connectivity index (χ4v) is 3.20. The number of benzene rings is 2. The summed E-state index contributed by atoms with van der Waals surface area (Å²) in [5.74, 6) is -0.0449. The van der Waals surface area contributed by atoms with Crippen molar-refractivity contribution in [1.29, 1.82) is 0 Å². The molecule has 0 bridgehead atoms. The van der Waals surface area contributed by atoms with Crippen LogP contribution in [0.15, 0.2) is 78.9 Å². The fraction of sp³-hybridized carbons (Fsp3) is 0.208. The maximum atomic E-state index is 11.3. The van der Waals surface area contributed by atoms with E-state index in [2.05, 4.69) is 25.1 Å². The summed E-state index contributed by atoms with van der Waals surface area (Å²) in [5, 5.41) is 9.30. The van der Waals surface area contributed by atoms with Crippen LogP contribution in [-0.4, -0.2) is 16.7 Å². The quantitative estimate of drug-likeness (QED) is 0.690. The van der Waals surface area contributed by atoms with Gasteiger partial charge in [0.15, 0.2) is 0 Å². The number of aromatic carboxylic acids is 1. The second kappa shape index (κ2) is 8.54. The summed E-state index contributed by atoms with van der Waals surface area (Å²) in [5.41, 5.74) is 1.79. The highest BCUT2D eigenvalue weighted by Crippen LogP contribution is 2.31. The summed E-state index contributed by atoms with van der Waals surface area (Å²) in [6.45, 7) is 2.13. The van der Waals surface area contributed by atoms with Gasteiger partial charge in [-0.25, -0.2) is 4.79 Å². The average molecular weight is 360 g/mol. The van der Waals surface area contributed by atoms with Crippen LogP contribution in [0, 0.1) is 0 Å². The Bertz CT molecular complexity index is 892. The smallest absolute Gasteiger partial charge is 0.336 e. The molecule has 0 saturated heterocycles. The third-order valence-electron chi connectivity index (χ3n) is 4.82. The van der Waals surface area contributed by atoms with E-state index in [1.54, 1.807) is 12.1 Å². The van der Waals surface area contributed by atoms with E-state index in [9.17, 15) is 9.90 Å². The Morgan fingerprint density at radius 2 is 1.93 bits per heavy atom. The molecule has 0 radical (unpaired) electrons. The second-order valence-electron chi connectivity index (χ2n) is 6.62. The lowest BCUT2D eigenvalue weighted by Crippen LogP contribution is -2.33. The van der Waals surface area contributed by atoms with Gasteiger partial charge in [0.25, 0.3) is 0 Å². The summed E-state index contributed by atoms with van der Waals surface area (Å²) in [6, 6.07) is 15.0. The first kappa shape index (κ1) is 18.7. The molecule has 27 heavy (non-hydrogen) atoms. The molecule has 1 aliphatic rings. The van der Waals surface area contributed by atoms with Gasteiger partial charge in [-0.3, -0.25) is 0 Å². The van der Waals surface area contributed by atoms with E-state index in [1.165, 1.54) is 0 Å². The Hall–Kier alpha value is -3.07. The summed E-state index contributed by atoms with van der Waals surface area (Å²) in [7, 11) is 0. The van der Waals surface area contributed by atoms with Crippen molar-refractivity contribution >= 4 is 12.0 Å². The molecule has 1 N–H and O–H groups in total. The molecule has 0 saturated carbocycles. The van der Waals surface area contributed by atoms with E-state index in [0.717, 1.165) is 24.2 Å². The molecule has 1 atom stereocenters. The number of rotatable bonds is 7. The first-order valence-corrected chi connectivity index (χ1v) is 9.24. The van der Waals surface area contributed by atoms with Crippen molar-refractivity contribution in [1.82, 2.24) is 0 Å². The van der Waals surface area contributed by atoms with Gasteiger partial charge in [-0.15, -0.1) is 0 Å². The lowest BCUT2D eigenvalue weighted by Gasteiger charge is -2.32. The molecule has 1 aliphatic carbocycles. The Balaban J connectivity index is 1.78. The normalized spacial score (nSPS) is 18.7. The monoisotopic (exact) mass is 360 g/mol. The number of allylic oxidation sites excluding steroid dienone is 3. The fourth-order valence-electron chi connectivity index (χ4n) is 3.20. The van der Waals surface area contributed by atoms with Gasteiger partial charge in [0, 0.05) is 6.42 Å². The lowest BCUT2D eigenvalue weighted by atomic mass is 9.92. The largest absolute Gasteiger partial charge is 0.483 e. The van der Waals surface area contributed by atoms with Crippen LogP contribution in [0.1, 0.15) is 41.3 Å². The number of ether oxygens (including phenoxy) is 1. The maximum absolute atomic E-state index is 11.3. The molecule has 3 rings (SSSR count). The maximum Gasteiger partial charge on any atom is 0.336 e. The molecule has 0 heterocycles. The van der Waals surface area contributed by atoms with Crippen LogP contribution < -0.4 is 4.74 Å². The Morgan fingerprint density at radius 1 is 1.15 bits per heavy atom. The van der Waals surface area contributed by atoms with Crippen molar-refractivity contribution in [2.75, 3.05) is 0 Å². The third-order valence-corrected chi connectivity index (χ3v) is 4.82. The minimum Gasteiger partial charge on any atom is -0.483 e. The molecular weight excluding hydrogens is 336 g/mol. The van der Waals surface area contributed by atoms with Crippen molar-refractivity contribution in [3.05, 3.63) is 95.6 Å². The topological polar surface area (TPSA) is 46.5 Å². The highest BCUT2D eigenvalue weighted by Gasteiger charge is 2.27. The highest BCUT2D eigenvalue weighted by atomic mass is 16.5. The van der Waals surface area contributed by atoms with Crippen molar-refractivity contribution in [3.63, 3.8) is 0 Å². The number of carbonyl (C=O) groups is 1. The Kier molecular flexibility index (Phi) is 5.92. The number of hydrogen-bond donors (Lipinski definition) is 1. The van der Waals surface area contributed by atoms with Crippen molar-refractivity contribution in [2.45, 2.75) is 31.8 Å². The molecule has 2 aromatic carbocycles. The van der Waals surface area contributed by atoms with Crippen molar-refractivity contribution < 1.29 is 14.6 Å². The van der Waals surface area contributed by atoms with Crippen LogP contribution in [-0.2, 0) is 6.42 Å². The molecule has 0 amide bonds. The van der Waals surface area contributed by atoms with Crippen molar-refractivity contribution in [2.24, 2.45) is 0 Å². The zero-order chi connectivity index (χ0) is 19.1. The SMILES string of the molecule is CCC1(Oc2ccccc2CC=Cc2ccccc2C(=O)O)C=CC=CC1. The van der Waals surface area contributed by atoms with Crippen LogP contribution in [0.4, 0.5) is 0 Å².